The topological polar surface area (TPSA) is 66.1 Å². The fourth-order valence-corrected chi connectivity index (χ4v) is 3.18. The summed E-state index contributed by atoms with van der Waals surface area (Å²) in [5.41, 5.74) is 2.76. The summed E-state index contributed by atoms with van der Waals surface area (Å²) in [5, 5.41) is 4.99. The van der Waals surface area contributed by atoms with Crippen LogP contribution in [0, 0.1) is 0 Å². The van der Waals surface area contributed by atoms with Crippen molar-refractivity contribution in [3.63, 3.8) is 0 Å². The number of ether oxygens (including phenoxy) is 1. The average Bonchev–Trinajstić information content (AvgIpc) is 3.09. The molecule has 4 heterocycles. The smallest absolute Gasteiger partial charge is 0.139 e. The Morgan fingerprint density at radius 1 is 1.20 bits per heavy atom. The van der Waals surface area contributed by atoms with E-state index in [2.05, 4.69) is 25.2 Å². The van der Waals surface area contributed by atoms with Crippen LogP contribution in [0.1, 0.15) is 0 Å². The van der Waals surface area contributed by atoms with Crippen molar-refractivity contribution in [2.75, 3.05) is 44.7 Å². The van der Waals surface area contributed by atoms with Gasteiger partial charge < -0.3 is 15.0 Å². The molecule has 4 rings (SSSR count). The summed E-state index contributed by atoms with van der Waals surface area (Å²) in [6.45, 7) is 5.54. The van der Waals surface area contributed by atoms with Crippen LogP contribution in [0.15, 0.2) is 36.7 Å². The molecule has 1 aliphatic heterocycles. The van der Waals surface area contributed by atoms with Crippen molar-refractivity contribution in [1.82, 2.24) is 19.9 Å². The van der Waals surface area contributed by atoms with Gasteiger partial charge in [-0.25, -0.2) is 9.97 Å². The molecule has 6 nitrogen and oxygen atoms in total. The maximum Gasteiger partial charge on any atom is 0.139 e. The van der Waals surface area contributed by atoms with Gasteiger partial charge in [0.1, 0.15) is 11.5 Å². The van der Waals surface area contributed by atoms with E-state index in [0.29, 0.717) is 5.02 Å². The second-order valence-electron chi connectivity index (χ2n) is 6.05. The van der Waals surface area contributed by atoms with E-state index < -0.39 is 0 Å². The third kappa shape index (κ3) is 3.76. The lowest BCUT2D eigenvalue weighted by atomic mass is 10.2. The molecule has 0 saturated carbocycles. The van der Waals surface area contributed by atoms with E-state index in [9.17, 15) is 0 Å². The number of anilines is 1. The van der Waals surface area contributed by atoms with Gasteiger partial charge in [-0.05, 0) is 24.3 Å². The van der Waals surface area contributed by atoms with Crippen molar-refractivity contribution in [2.24, 2.45) is 0 Å². The van der Waals surface area contributed by atoms with Crippen molar-refractivity contribution >= 4 is 28.5 Å². The summed E-state index contributed by atoms with van der Waals surface area (Å²) in [6.07, 6.45) is 3.56. The fraction of sp³-hybridized carbons (Fsp3) is 0.333. The number of rotatable bonds is 5. The van der Waals surface area contributed by atoms with Gasteiger partial charge in [0, 0.05) is 55.2 Å². The molecule has 0 bridgehead atoms. The van der Waals surface area contributed by atoms with Gasteiger partial charge in [0.05, 0.1) is 18.2 Å². The number of morpholine rings is 1. The Morgan fingerprint density at radius 3 is 2.84 bits per heavy atom. The minimum atomic E-state index is 0.696. The predicted molar refractivity (Wildman–Crippen MR) is 100 cm³/mol. The van der Waals surface area contributed by atoms with Crippen LogP contribution in [0.3, 0.4) is 0 Å². The molecule has 1 fully saturated rings. The van der Waals surface area contributed by atoms with E-state index in [4.69, 9.17) is 16.3 Å². The summed E-state index contributed by atoms with van der Waals surface area (Å²) < 4.78 is 5.36. The minimum absolute atomic E-state index is 0.696. The van der Waals surface area contributed by atoms with Gasteiger partial charge in [-0.15, -0.1) is 0 Å². The number of nitrogens with one attached hydrogen (secondary N) is 2. The number of hydrogen-bond acceptors (Lipinski definition) is 5. The Kier molecular flexibility index (Phi) is 4.83. The zero-order chi connectivity index (χ0) is 17.1. The van der Waals surface area contributed by atoms with Gasteiger partial charge in [-0.2, -0.15) is 0 Å². The fourth-order valence-electron chi connectivity index (χ4n) is 2.97. The van der Waals surface area contributed by atoms with E-state index in [1.807, 2.05) is 24.4 Å². The Balaban J connectivity index is 1.39. The Bertz CT molecular complexity index is 842. The van der Waals surface area contributed by atoms with Crippen LogP contribution in [-0.2, 0) is 4.74 Å². The van der Waals surface area contributed by atoms with Crippen molar-refractivity contribution in [3.05, 3.63) is 41.7 Å². The average molecular weight is 358 g/mol. The first kappa shape index (κ1) is 16.3. The van der Waals surface area contributed by atoms with Crippen LogP contribution in [0.5, 0.6) is 0 Å². The third-order valence-corrected chi connectivity index (χ3v) is 4.72. The van der Waals surface area contributed by atoms with Crippen LogP contribution >= 0.6 is 11.6 Å². The van der Waals surface area contributed by atoms with Crippen LogP contribution in [0.25, 0.3) is 22.3 Å². The maximum absolute atomic E-state index is 6.21. The molecule has 130 valence electrons. The normalized spacial score (nSPS) is 15.6. The number of nitrogens with zero attached hydrogens (tertiary/aromatic N) is 3. The number of aromatic nitrogens is 3. The van der Waals surface area contributed by atoms with Crippen molar-refractivity contribution in [3.8, 4) is 11.3 Å². The molecule has 0 atom stereocenters. The second kappa shape index (κ2) is 7.39. The molecule has 25 heavy (non-hydrogen) atoms. The number of pyridine rings is 2. The molecular weight excluding hydrogens is 338 g/mol. The van der Waals surface area contributed by atoms with E-state index in [1.165, 1.54) is 0 Å². The standard InChI is InChI=1S/C18H20ClN5O/c19-15-3-4-21-18-14(15)11-16(23-18)13-1-2-17(22-12-13)20-5-6-24-7-9-25-10-8-24/h1-4,11-12H,5-10H2,(H,20,22)(H,21,23). The van der Waals surface area contributed by atoms with Crippen molar-refractivity contribution in [1.29, 1.82) is 0 Å². The highest BCUT2D eigenvalue weighted by Crippen LogP contribution is 2.27. The van der Waals surface area contributed by atoms with Crippen molar-refractivity contribution < 1.29 is 4.74 Å². The molecular formula is C18H20ClN5O. The molecule has 7 heteroatoms. The zero-order valence-electron chi connectivity index (χ0n) is 13.8. The lowest BCUT2D eigenvalue weighted by Crippen LogP contribution is -2.39. The second-order valence-corrected chi connectivity index (χ2v) is 6.46. The van der Waals surface area contributed by atoms with E-state index >= 15 is 0 Å². The first-order valence-electron chi connectivity index (χ1n) is 8.43. The molecule has 0 unspecified atom stereocenters. The molecule has 0 spiro atoms. The van der Waals surface area contributed by atoms with Crippen molar-refractivity contribution in [2.45, 2.75) is 0 Å². The Morgan fingerprint density at radius 2 is 2.08 bits per heavy atom. The summed E-state index contributed by atoms with van der Waals surface area (Å²) in [5.74, 6) is 0.879. The highest BCUT2D eigenvalue weighted by molar-refractivity contribution is 6.35. The first-order valence-corrected chi connectivity index (χ1v) is 8.81. The highest BCUT2D eigenvalue weighted by atomic mass is 35.5. The summed E-state index contributed by atoms with van der Waals surface area (Å²) in [7, 11) is 0. The molecule has 1 aliphatic rings. The first-order chi connectivity index (χ1) is 12.3. The van der Waals surface area contributed by atoms with Gasteiger partial charge in [0.2, 0.25) is 0 Å². The molecule has 0 aromatic carbocycles. The lowest BCUT2D eigenvalue weighted by Gasteiger charge is -2.26. The monoisotopic (exact) mass is 357 g/mol. The third-order valence-electron chi connectivity index (χ3n) is 4.39. The quantitative estimate of drug-likeness (QED) is 0.734. The van der Waals surface area contributed by atoms with E-state index in [-0.39, 0.29) is 0 Å². The van der Waals surface area contributed by atoms with Gasteiger partial charge in [-0.1, -0.05) is 11.6 Å². The molecule has 3 aromatic heterocycles. The maximum atomic E-state index is 6.21. The molecule has 3 aromatic rings. The minimum Gasteiger partial charge on any atom is -0.379 e. The SMILES string of the molecule is Clc1ccnc2[nH]c(-c3ccc(NCCN4CCOCC4)nc3)cc12. The highest BCUT2D eigenvalue weighted by Gasteiger charge is 2.10. The number of H-pyrrole nitrogens is 1. The predicted octanol–water partition coefficient (Wildman–Crippen LogP) is 3.02. The summed E-state index contributed by atoms with van der Waals surface area (Å²) >= 11 is 6.21. The molecule has 2 N–H and O–H groups in total. The van der Waals surface area contributed by atoms with Gasteiger partial charge in [0.25, 0.3) is 0 Å². The molecule has 0 aliphatic carbocycles. The largest absolute Gasteiger partial charge is 0.379 e. The van der Waals surface area contributed by atoms with Crippen LogP contribution < -0.4 is 5.32 Å². The number of halogens is 1. The van der Waals surface area contributed by atoms with Crippen LogP contribution in [0.4, 0.5) is 5.82 Å². The Hall–Kier alpha value is -2.15. The van der Waals surface area contributed by atoms with Gasteiger partial charge in [-0.3, -0.25) is 4.90 Å². The lowest BCUT2D eigenvalue weighted by molar-refractivity contribution is 0.0398. The number of aromatic amines is 1. The zero-order valence-corrected chi connectivity index (χ0v) is 14.6. The summed E-state index contributed by atoms with van der Waals surface area (Å²) in [4.78, 5) is 14.5. The Labute approximate surface area is 151 Å². The van der Waals surface area contributed by atoms with E-state index in [0.717, 1.165) is 67.5 Å². The summed E-state index contributed by atoms with van der Waals surface area (Å²) in [6, 6.07) is 7.84. The molecule has 0 amide bonds. The van der Waals surface area contributed by atoms with Gasteiger partial charge in [0.15, 0.2) is 0 Å². The van der Waals surface area contributed by atoms with Crippen LogP contribution in [0.2, 0.25) is 5.02 Å². The van der Waals surface area contributed by atoms with E-state index in [1.54, 1.807) is 12.3 Å². The molecule has 1 saturated heterocycles. The van der Waals surface area contributed by atoms with Gasteiger partial charge >= 0.3 is 0 Å². The molecule has 0 radical (unpaired) electrons. The number of fused-ring (bicyclic) bond motifs is 1. The van der Waals surface area contributed by atoms with Crippen LogP contribution in [-0.4, -0.2) is 59.2 Å². The number of hydrogen-bond donors (Lipinski definition) is 2.